The Morgan fingerprint density at radius 1 is 1.70 bits per heavy atom. The zero-order valence-electron chi connectivity index (χ0n) is 6.05. The standard InChI is InChI=1S/C7H13FO2/c1-5(2)3-6(8)7(10)4-9/h6-7,9-10H,1,3-4H2,2H3/t6-,7+/m1/s1. The van der Waals surface area contributed by atoms with Crippen molar-refractivity contribution in [1.82, 2.24) is 0 Å². The molecule has 0 saturated carbocycles. The van der Waals surface area contributed by atoms with E-state index in [2.05, 4.69) is 6.58 Å². The van der Waals surface area contributed by atoms with Crippen molar-refractivity contribution in [3.63, 3.8) is 0 Å². The third kappa shape index (κ3) is 3.58. The Kier molecular flexibility index (Phi) is 4.23. The highest BCUT2D eigenvalue weighted by Gasteiger charge is 2.16. The van der Waals surface area contributed by atoms with Crippen molar-refractivity contribution in [2.75, 3.05) is 6.61 Å². The minimum atomic E-state index is -1.39. The van der Waals surface area contributed by atoms with Gasteiger partial charge in [-0.25, -0.2) is 4.39 Å². The molecule has 10 heavy (non-hydrogen) atoms. The van der Waals surface area contributed by atoms with Crippen molar-refractivity contribution in [3.05, 3.63) is 12.2 Å². The molecule has 0 aromatic rings. The average Bonchev–Trinajstić information content (AvgIpc) is 1.85. The summed E-state index contributed by atoms with van der Waals surface area (Å²) in [6.45, 7) is 4.62. The van der Waals surface area contributed by atoms with Gasteiger partial charge >= 0.3 is 0 Å². The highest BCUT2D eigenvalue weighted by Crippen LogP contribution is 2.09. The van der Waals surface area contributed by atoms with Crippen LogP contribution in [0.1, 0.15) is 13.3 Å². The molecule has 0 heterocycles. The van der Waals surface area contributed by atoms with Gasteiger partial charge in [0, 0.05) is 6.42 Å². The van der Waals surface area contributed by atoms with Crippen LogP contribution in [0.15, 0.2) is 12.2 Å². The van der Waals surface area contributed by atoms with E-state index in [1.165, 1.54) is 0 Å². The zero-order chi connectivity index (χ0) is 8.15. The number of rotatable bonds is 4. The van der Waals surface area contributed by atoms with Gasteiger partial charge in [0.2, 0.25) is 0 Å². The highest BCUT2D eigenvalue weighted by atomic mass is 19.1. The van der Waals surface area contributed by atoms with Gasteiger partial charge in [-0.3, -0.25) is 0 Å². The molecule has 0 fully saturated rings. The van der Waals surface area contributed by atoms with Gasteiger partial charge in [-0.1, -0.05) is 5.57 Å². The Morgan fingerprint density at radius 3 is 2.50 bits per heavy atom. The zero-order valence-corrected chi connectivity index (χ0v) is 6.05. The van der Waals surface area contributed by atoms with Crippen LogP contribution in [0.4, 0.5) is 4.39 Å². The van der Waals surface area contributed by atoms with E-state index in [9.17, 15) is 4.39 Å². The Morgan fingerprint density at radius 2 is 2.20 bits per heavy atom. The van der Waals surface area contributed by atoms with E-state index < -0.39 is 18.9 Å². The van der Waals surface area contributed by atoms with Gasteiger partial charge < -0.3 is 10.2 Å². The number of alkyl halides is 1. The molecule has 3 heteroatoms. The third-order valence-electron chi connectivity index (χ3n) is 1.15. The number of halogens is 1. The molecule has 0 aromatic carbocycles. The fourth-order valence-electron chi connectivity index (χ4n) is 0.583. The summed E-state index contributed by atoms with van der Waals surface area (Å²) in [5.74, 6) is 0. The van der Waals surface area contributed by atoms with Crippen molar-refractivity contribution in [1.29, 1.82) is 0 Å². The summed E-state index contributed by atoms with van der Waals surface area (Å²) in [5, 5.41) is 17.0. The number of hydrogen-bond donors (Lipinski definition) is 2. The van der Waals surface area contributed by atoms with Gasteiger partial charge in [0.25, 0.3) is 0 Å². The largest absolute Gasteiger partial charge is 0.394 e. The van der Waals surface area contributed by atoms with E-state index in [4.69, 9.17) is 10.2 Å². The van der Waals surface area contributed by atoms with Crippen LogP contribution in [0.3, 0.4) is 0 Å². The second kappa shape index (κ2) is 4.41. The number of aliphatic hydroxyl groups is 2. The molecule has 2 atom stereocenters. The summed E-state index contributed by atoms with van der Waals surface area (Å²) in [6, 6.07) is 0. The Hall–Kier alpha value is -0.410. The van der Waals surface area contributed by atoms with Crippen molar-refractivity contribution >= 4 is 0 Å². The molecule has 2 N–H and O–H groups in total. The van der Waals surface area contributed by atoms with Gasteiger partial charge in [0.05, 0.1) is 6.61 Å². The maximum absolute atomic E-state index is 12.6. The molecule has 0 saturated heterocycles. The van der Waals surface area contributed by atoms with Crippen LogP contribution in [0.2, 0.25) is 0 Å². The summed E-state index contributed by atoms with van der Waals surface area (Å²) in [4.78, 5) is 0. The fourth-order valence-corrected chi connectivity index (χ4v) is 0.583. The predicted octanol–water partition coefficient (Wildman–Crippen LogP) is 0.644. The van der Waals surface area contributed by atoms with Gasteiger partial charge in [0.1, 0.15) is 12.3 Å². The predicted molar refractivity (Wildman–Crippen MR) is 37.4 cm³/mol. The van der Waals surface area contributed by atoms with Gasteiger partial charge in [-0.2, -0.15) is 0 Å². The van der Waals surface area contributed by atoms with Crippen LogP contribution >= 0.6 is 0 Å². The van der Waals surface area contributed by atoms with Crippen LogP contribution in [-0.2, 0) is 0 Å². The molecule has 0 aromatic heterocycles. The van der Waals surface area contributed by atoms with Crippen LogP contribution in [0, 0.1) is 0 Å². The summed E-state index contributed by atoms with van der Waals surface area (Å²) in [6.07, 6.45) is -2.54. The summed E-state index contributed by atoms with van der Waals surface area (Å²) < 4.78 is 12.6. The molecule has 0 aliphatic heterocycles. The normalized spacial score (nSPS) is 16.4. The second-order valence-electron chi connectivity index (χ2n) is 2.43. The minimum Gasteiger partial charge on any atom is -0.394 e. The van der Waals surface area contributed by atoms with Crippen LogP contribution < -0.4 is 0 Å². The van der Waals surface area contributed by atoms with Crippen LogP contribution in [0.5, 0.6) is 0 Å². The van der Waals surface area contributed by atoms with Crippen molar-refractivity contribution in [3.8, 4) is 0 Å². The van der Waals surface area contributed by atoms with E-state index >= 15 is 0 Å². The van der Waals surface area contributed by atoms with E-state index in [0.29, 0.717) is 5.57 Å². The summed E-state index contributed by atoms with van der Waals surface area (Å²) in [5.41, 5.74) is 0.667. The first-order valence-electron chi connectivity index (χ1n) is 3.15. The second-order valence-corrected chi connectivity index (χ2v) is 2.43. The molecule has 0 spiro atoms. The Bertz CT molecular complexity index is 114. The molecular formula is C7H13FO2. The molecule has 0 radical (unpaired) electrons. The summed E-state index contributed by atoms with van der Waals surface area (Å²) >= 11 is 0. The number of hydrogen-bond acceptors (Lipinski definition) is 2. The molecule has 0 aliphatic rings. The first-order valence-corrected chi connectivity index (χ1v) is 3.15. The fraction of sp³-hybridized carbons (Fsp3) is 0.714. The van der Waals surface area contributed by atoms with Crippen LogP contribution in [0.25, 0.3) is 0 Å². The monoisotopic (exact) mass is 148 g/mol. The van der Waals surface area contributed by atoms with Gasteiger partial charge in [0.15, 0.2) is 0 Å². The summed E-state index contributed by atoms with van der Waals surface area (Å²) in [7, 11) is 0. The highest BCUT2D eigenvalue weighted by molar-refractivity contribution is 4.92. The lowest BCUT2D eigenvalue weighted by Crippen LogP contribution is -2.25. The minimum absolute atomic E-state index is 0.113. The third-order valence-corrected chi connectivity index (χ3v) is 1.15. The van der Waals surface area contributed by atoms with E-state index in [-0.39, 0.29) is 6.42 Å². The lowest BCUT2D eigenvalue weighted by atomic mass is 10.1. The van der Waals surface area contributed by atoms with Crippen LogP contribution in [-0.4, -0.2) is 29.1 Å². The first-order chi connectivity index (χ1) is 4.57. The SMILES string of the molecule is C=C(C)C[C@@H](F)[C@@H](O)CO. The number of allylic oxidation sites excluding steroid dienone is 1. The Balaban J connectivity index is 3.61. The quantitative estimate of drug-likeness (QED) is 0.574. The molecule has 2 nitrogen and oxygen atoms in total. The molecule has 0 unspecified atom stereocenters. The molecule has 0 amide bonds. The maximum atomic E-state index is 12.6. The van der Waals surface area contributed by atoms with Gasteiger partial charge in [-0.15, -0.1) is 6.58 Å². The lowest BCUT2D eigenvalue weighted by molar-refractivity contribution is 0.0289. The topological polar surface area (TPSA) is 40.5 Å². The Labute approximate surface area is 60.0 Å². The van der Waals surface area contributed by atoms with Crippen molar-refractivity contribution < 1.29 is 14.6 Å². The smallest absolute Gasteiger partial charge is 0.132 e. The van der Waals surface area contributed by atoms with Crippen molar-refractivity contribution in [2.45, 2.75) is 25.6 Å². The molecular weight excluding hydrogens is 135 g/mol. The average molecular weight is 148 g/mol. The van der Waals surface area contributed by atoms with E-state index in [0.717, 1.165) is 0 Å². The van der Waals surface area contributed by atoms with Gasteiger partial charge in [-0.05, 0) is 6.92 Å². The maximum Gasteiger partial charge on any atom is 0.132 e. The molecule has 0 rings (SSSR count). The first kappa shape index (κ1) is 9.59. The van der Waals surface area contributed by atoms with E-state index in [1.54, 1.807) is 6.92 Å². The molecule has 0 aliphatic carbocycles. The molecule has 60 valence electrons. The number of aliphatic hydroxyl groups excluding tert-OH is 2. The van der Waals surface area contributed by atoms with Crippen molar-refractivity contribution in [2.24, 2.45) is 0 Å². The van der Waals surface area contributed by atoms with E-state index in [1.807, 2.05) is 0 Å². The lowest BCUT2D eigenvalue weighted by Gasteiger charge is -2.12. The molecule has 0 bridgehead atoms.